The zero-order chi connectivity index (χ0) is 29.1. The lowest BCUT2D eigenvalue weighted by Gasteiger charge is -2.14. The van der Waals surface area contributed by atoms with Crippen molar-refractivity contribution in [2.75, 3.05) is 106 Å². The topological polar surface area (TPSA) is 109 Å². The Hall–Kier alpha value is -3.19. The zero-order valence-electron chi connectivity index (χ0n) is 23.9. The number of carbonyl (C=O) groups excluding carboxylic acids is 1. The predicted molar refractivity (Wildman–Crippen MR) is 153 cm³/mol. The van der Waals surface area contributed by atoms with Gasteiger partial charge in [0.2, 0.25) is 0 Å². The molecule has 0 fully saturated rings. The highest BCUT2D eigenvalue weighted by Gasteiger charge is 2.12. The van der Waals surface area contributed by atoms with Gasteiger partial charge < -0.3 is 47.4 Å². The van der Waals surface area contributed by atoms with Crippen molar-refractivity contribution >= 4 is 11.9 Å². The van der Waals surface area contributed by atoms with Crippen LogP contribution in [0.2, 0.25) is 0 Å². The van der Waals surface area contributed by atoms with Crippen LogP contribution in [-0.2, 0) is 28.4 Å². The summed E-state index contributed by atoms with van der Waals surface area (Å²) in [5.41, 5.74) is 1.25. The van der Waals surface area contributed by atoms with E-state index in [0.29, 0.717) is 134 Å². The van der Waals surface area contributed by atoms with Crippen molar-refractivity contribution in [3.8, 4) is 23.0 Å². The number of ketones is 1. The van der Waals surface area contributed by atoms with Crippen molar-refractivity contribution in [2.45, 2.75) is 0 Å². The fraction of sp³-hybridized carbons (Fsp3) is 0.516. The van der Waals surface area contributed by atoms with Gasteiger partial charge in [0.05, 0.1) is 79.3 Å². The van der Waals surface area contributed by atoms with Crippen molar-refractivity contribution in [3.63, 3.8) is 0 Å². The van der Waals surface area contributed by atoms with Gasteiger partial charge >= 0.3 is 0 Å². The first kappa shape index (κ1) is 31.7. The molecule has 4 rings (SSSR count). The molecular formula is C31H40O11. The third kappa shape index (κ3) is 11.6. The second-order valence-corrected chi connectivity index (χ2v) is 9.13. The number of hydrogen-bond donors (Lipinski definition) is 0. The van der Waals surface area contributed by atoms with Gasteiger partial charge in [0.25, 0.3) is 0 Å². The molecule has 0 unspecified atom stereocenters. The SMILES string of the molecule is O=C(/C=C/c1ccc2c(c1)OCCOCCOCCOCCO2)c1ccc2c(c1)OCCOCCOCCOCCO2. The minimum atomic E-state index is -0.185. The molecule has 230 valence electrons. The molecule has 42 heavy (non-hydrogen) atoms. The summed E-state index contributed by atoms with van der Waals surface area (Å²) in [6, 6.07) is 10.6. The van der Waals surface area contributed by atoms with Crippen molar-refractivity contribution in [3.05, 3.63) is 53.6 Å². The average molecular weight is 589 g/mol. The lowest BCUT2D eigenvalue weighted by Crippen LogP contribution is -2.13. The molecule has 0 N–H and O–H groups in total. The molecule has 0 saturated heterocycles. The van der Waals surface area contributed by atoms with E-state index in [2.05, 4.69) is 0 Å². The molecule has 2 aliphatic heterocycles. The normalized spacial score (nSPS) is 19.0. The molecular weight excluding hydrogens is 548 g/mol. The van der Waals surface area contributed by atoms with Crippen LogP contribution in [0, 0.1) is 0 Å². The van der Waals surface area contributed by atoms with Crippen molar-refractivity contribution in [1.82, 2.24) is 0 Å². The fourth-order valence-corrected chi connectivity index (χ4v) is 3.95. The number of fused-ring (bicyclic) bond motifs is 2. The summed E-state index contributed by atoms with van der Waals surface area (Å²) >= 11 is 0. The highest BCUT2D eigenvalue weighted by molar-refractivity contribution is 6.07. The van der Waals surface area contributed by atoms with E-state index in [-0.39, 0.29) is 5.78 Å². The van der Waals surface area contributed by atoms with Crippen molar-refractivity contribution in [2.24, 2.45) is 0 Å². The fourth-order valence-electron chi connectivity index (χ4n) is 3.95. The van der Waals surface area contributed by atoms with E-state index in [0.717, 1.165) is 5.56 Å². The van der Waals surface area contributed by atoms with Gasteiger partial charge in [-0.15, -0.1) is 0 Å². The first-order valence-corrected chi connectivity index (χ1v) is 14.3. The molecule has 11 heteroatoms. The maximum absolute atomic E-state index is 13.1. The molecule has 2 aromatic carbocycles. The van der Waals surface area contributed by atoms with Gasteiger partial charge in [0.15, 0.2) is 28.8 Å². The molecule has 0 spiro atoms. The number of benzene rings is 2. The maximum Gasteiger partial charge on any atom is 0.185 e. The number of ether oxygens (including phenoxy) is 10. The molecule has 2 heterocycles. The third-order valence-electron chi connectivity index (χ3n) is 6.05. The summed E-state index contributed by atoms with van der Waals surface area (Å²) in [4.78, 5) is 13.1. The van der Waals surface area contributed by atoms with E-state index >= 15 is 0 Å². The summed E-state index contributed by atoms with van der Waals surface area (Å²) < 4.78 is 56.5. The van der Waals surface area contributed by atoms with E-state index in [4.69, 9.17) is 47.4 Å². The zero-order valence-corrected chi connectivity index (χ0v) is 23.9. The van der Waals surface area contributed by atoms with E-state index in [1.165, 1.54) is 6.08 Å². The van der Waals surface area contributed by atoms with Crippen LogP contribution in [0.5, 0.6) is 23.0 Å². The van der Waals surface area contributed by atoms with E-state index in [1.54, 1.807) is 24.3 Å². The quantitative estimate of drug-likeness (QED) is 0.390. The number of allylic oxidation sites excluding steroid dienone is 1. The molecule has 2 aromatic rings. The number of hydrogen-bond acceptors (Lipinski definition) is 11. The van der Waals surface area contributed by atoms with Crippen LogP contribution in [0.4, 0.5) is 0 Å². The molecule has 0 aromatic heterocycles. The van der Waals surface area contributed by atoms with Gasteiger partial charge in [-0.25, -0.2) is 0 Å². The van der Waals surface area contributed by atoms with Crippen LogP contribution < -0.4 is 18.9 Å². The van der Waals surface area contributed by atoms with Gasteiger partial charge in [-0.3, -0.25) is 4.79 Å². The molecule has 0 bridgehead atoms. The molecule has 2 aliphatic rings. The Kier molecular flexibility index (Phi) is 14.4. The number of carbonyl (C=O) groups is 1. The van der Waals surface area contributed by atoms with Crippen LogP contribution >= 0.6 is 0 Å². The summed E-state index contributed by atoms with van der Waals surface area (Å²) in [7, 11) is 0. The standard InChI is InChI=1S/C31H40O11/c32-27(26-3-6-29-31(24-26)42-22-18-38-14-10-34-8-12-36-16-20-40-29)4-1-25-2-5-28-30(23-25)41-21-17-37-13-9-33-7-11-35-15-19-39-28/h1-6,23-24H,7-22H2/b4-1+. The molecule has 0 radical (unpaired) electrons. The first-order chi connectivity index (χ1) is 20.8. The van der Waals surface area contributed by atoms with Gasteiger partial charge in [-0.1, -0.05) is 12.1 Å². The van der Waals surface area contributed by atoms with Gasteiger partial charge in [0, 0.05) is 5.56 Å². The third-order valence-corrected chi connectivity index (χ3v) is 6.05. The Morgan fingerprint density at radius 2 is 0.833 bits per heavy atom. The van der Waals surface area contributed by atoms with Crippen LogP contribution in [-0.4, -0.2) is 111 Å². The van der Waals surface area contributed by atoms with E-state index in [1.807, 2.05) is 18.2 Å². The lowest BCUT2D eigenvalue weighted by molar-refractivity contribution is 0.00708. The van der Waals surface area contributed by atoms with Crippen molar-refractivity contribution < 1.29 is 52.2 Å². The summed E-state index contributed by atoms with van der Waals surface area (Å²) in [6.45, 7) is 6.94. The van der Waals surface area contributed by atoms with Crippen LogP contribution in [0.1, 0.15) is 15.9 Å². The Balaban J connectivity index is 1.40. The molecule has 0 atom stereocenters. The largest absolute Gasteiger partial charge is 0.487 e. The smallest absolute Gasteiger partial charge is 0.185 e. The Morgan fingerprint density at radius 3 is 1.31 bits per heavy atom. The molecule has 0 saturated carbocycles. The minimum Gasteiger partial charge on any atom is -0.487 e. The Bertz CT molecular complexity index is 1100. The van der Waals surface area contributed by atoms with Crippen LogP contribution in [0.15, 0.2) is 42.5 Å². The molecule has 0 aliphatic carbocycles. The summed E-state index contributed by atoms with van der Waals surface area (Å²) in [5, 5.41) is 0. The Morgan fingerprint density at radius 1 is 0.452 bits per heavy atom. The second kappa shape index (κ2) is 19.1. The summed E-state index contributed by atoms with van der Waals surface area (Å²) in [6.07, 6.45) is 3.25. The monoisotopic (exact) mass is 588 g/mol. The average Bonchev–Trinajstić information content (AvgIpc) is 3.02. The highest BCUT2D eigenvalue weighted by atomic mass is 16.6. The lowest BCUT2D eigenvalue weighted by atomic mass is 10.1. The van der Waals surface area contributed by atoms with Crippen LogP contribution in [0.3, 0.4) is 0 Å². The van der Waals surface area contributed by atoms with Gasteiger partial charge in [-0.05, 0) is 42.0 Å². The van der Waals surface area contributed by atoms with Gasteiger partial charge in [-0.2, -0.15) is 0 Å². The summed E-state index contributed by atoms with van der Waals surface area (Å²) in [5.74, 6) is 1.97. The predicted octanol–water partition coefficient (Wildman–Crippen LogP) is 3.22. The van der Waals surface area contributed by atoms with Crippen molar-refractivity contribution in [1.29, 1.82) is 0 Å². The van der Waals surface area contributed by atoms with E-state index in [9.17, 15) is 4.79 Å². The van der Waals surface area contributed by atoms with Gasteiger partial charge in [0.1, 0.15) is 26.4 Å². The minimum absolute atomic E-state index is 0.185. The Labute approximate surface area is 246 Å². The van der Waals surface area contributed by atoms with E-state index < -0.39 is 0 Å². The highest BCUT2D eigenvalue weighted by Crippen LogP contribution is 2.31. The number of rotatable bonds is 3. The van der Waals surface area contributed by atoms with Crippen LogP contribution in [0.25, 0.3) is 6.08 Å². The molecule has 0 amide bonds. The molecule has 11 nitrogen and oxygen atoms in total. The first-order valence-electron chi connectivity index (χ1n) is 14.3. The second-order valence-electron chi connectivity index (χ2n) is 9.13. The maximum atomic E-state index is 13.1.